The van der Waals surface area contributed by atoms with Crippen LogP contribution >= 0.6 is 11.5 Å². The maximum absolute atomic E-state index is 8.85. The van der Waals surface area contributed by atoms with E-state index in [0.717, 1.165) is 11.5 Å². The summed E-state index contributed by atoms with van der Waals surface area (Å²) in [5.74, 6) is 0.289. The highest BCUT2D eigenvalue weighted by molar-refractivity contribution is 7.10. The van der Waals surface area contributed by atoms with Crippen molar-refractivity contribution in [3.05, 3.63) is 24.3 Å². The predicted octanol–water partition coefficient (Wildman–Crippen LogP) is 0.906. The van der Waals surface area contributed by atoms with Crippen LogP contribution in [0.5, 0.6) is 0 Å². The van der Waals surface area contributed by atoms with Gasteiger partial charge < -0.3 is 15.6 Å². The van der Waals surface area contributed by atoms with Crippen molar-refractivity contribution < 1.29 is 0 Å². The van der Waals surface area contributed by atoms with Crippen LogP contribution in [-0.4, -0.2) is 20.5 Å². The number of nitrogen functional groups attached to an aromatic ring is 1. The molecule has 2 aromatic rings. The Morgan fingerprint density at radius 3 is 3.19 bits per heavy atom. The van der Waals surface area contributed by atoms with E-state index < -0.39 is 0 Å². The van der Waals surface area contributed by atoms with Crippen molar-refractivity contribution >= 4 is 22.4 Å². The van der Waals surface area contributed by atoms with E-state index in [2.05, 4.69) is 14.7 Å². The maximum Gasteiger partial charge on any atom is 0.157 e. The molecule has 0 radical (unpaired) electrons. The van der Waals surface area contributed by atoms with Crippen LogP contribution in [0.3, 0.4) is 0 Å². The first kappa shape index (κ1) is 10.4. The molecule has 6 nitrogen and oxygen atoms in total. The molecule has 2 rings (SSSR count). The number of nitrogens with two attached hydrogens (primary N) is 1. The smallest absolute Gasteiger partial charge is 0.157 e. The van der Waals surface area contributed by atoms with Crippen molar-refractivity contribution in [2.75, 3.05) is 17.6 Å². The van der Waals surface area contributed by atoms with E-state index in [4.69, 9.17) is 11.0 Å². The highest BCUT2D eigenvalue weighted by Gasteiger charge is 2.09. The van der Waals surface area contributed by atoms with Crippen LogP contribution in [0.4, 0.5) is 10.8 Å². The Labute approximate surface area is 96.5 Å². The molecule has 0 saturated heterocycles. The number of anilines is 2. The molecule has 0 unspecified atom stereocenters. The van der Waals surface area contributed by atoms with E-state index >= 15 is 0 Å². The molecule has 3 N–H and O–H groups in total. The van der Waals surface area contributed by atoms with Gasteiger partial charge in [-0.1, -0.05) is 0 Å². The summed E-state index contributed by atoms with van der Waals surface area (Å²) in [7, 11) is 0. The first-order valence-electron chi connectivity index (χ1n) is 4.66. The summed E-state index contributed by atoms with van der Waals surface area (Å²) in [6.07, 6.45) is 5.35. The van der Waals surface area contributed by atoms with Crippen LogP contribution in [0.1, 0.15) is 5.56 Å². The zero-order valence-corrected chi connectivity index (χ0v) is 9.24. The van der Waals surface area contributed by atoms with Crippen molar-refractivity contribution in [2.24, 2.45) is 0 Å². The van der Waals surface area contributed by atoms with E-state index in [1.165, 1.54) is 11.5 Å². The van der Waals surface area contributed by atoms with Crippen LogP contribution in [-0.2, 0) is 6.54 Å². The average Bonchev–Trinajstić information content (AvgIpc) is 2.89. The molecule has 2 heterocycles. The molecule has 0 saturated carbocycles. The molecule has 2 aromatic heterocycles. The fourth-order valence-corrected chi connectivity index (χ4v) is 1.94. The summed E-state index contributed by atoms with van der Waals surface area (Å²) >= 11 is 1.20. The van der Waals surface area contributed by atoms with E-state index in [0.29, 0.717) is 12.1 Å². The molecule has 0 aromatic carbocycles. The minimum absolute atomic E-state index is 0.289. The third-order valence-electron chi connectivity index (χ3n) is 2.05. The lowest BCUT2D eigenvalue weighted by Crippen LogP contribution is -2.09. The number of aromatic nitrogens is 3. The van der Waals surface area contributed by atoms with Crippen molar-refractivity contribution in [1.82, 2.24) is 13.9 Å². The monoisotopic (exact) mass is 234 g/mol. The lowest BCUT2D eigenvalue weighted by atomic mass is 10.3. The first-order chi connectivity index (χ1) is 7.81. The Morgan fingerprint density at radius 1 is 1.62 bits per heavy atom. The van der Waals surface area contributed by atoms with Crippen molar-refractivity contribution in [1.29, 1.82) is 5.26 Å². The molecular formula is C9H10N6S. The van der Waals surface area contributed by atoms with E-state index in [1.54, 1.807) is 12.5 Å². The summed E-state index contributed by atoms with van der Waals surface area (Å²) in [4.78, 5) is 3.94. The minimum Gasteiger partial charge on any atom is -0.382 e. The largest absolute Gasteiger partial charge is 0.382 e. The summed E-state index contributed by atoms with van der Waals surface area (Å²) in [5.41, 5.74) is 5.97. The van der Waals surface area contributed by atoms with Gasteiger partial charge in [-0.15, -0.1) is 0 Å². The summed E-state index contributed by atoms with van der Waals surface area (Å²) < 4.78 is 5.87. The minimum atomic E-state index is 0.289. The molecule has 0 fully saturated rings. The topological polar surface area (TPSA) is 92.5 Å². The van der Waals surface area contributed by atoms with E-state index in [9.17, 15) is 0 Å². The van der Waals surface area contributed by atoms with Gasteiger partial charge in [0.1, 0.15) is 16.6 Å². The summed E-state index contributed by atoms with van der Waals surface area (Å²) in [6.45, 7) is 1.48. The lowest BCUT2D eigenvalue weighted by molar-refractivity contribution is 0.728. The van der Waals surface area contributed by atoms with Gasteiger partial charge in [0.15, 0.2) is 5.82 Å². The molecular weight excluding hydrogens is 224 g/mol. The van der Waals surface area contributed by atoms with Crippen LogP contribution in [0.25, 0.3) is 0 Å². The molecule has 82 valence electrons. The maximum atomic E-state index is 8.85. The molecule has 0 bridgehead atoms. The third kappa shape index (κ3) is 2.12. The first-order valence-corrected chi connectivity index (χ1v) is 5.43. The molecule has 0 aliphatic carbocycles. The number of hydrogen-bond acceptors (Lipinski definition) is 6. The molecule has 0 aliphatic heterocycles. The van der Waals surface area contributed by atoms with Gasteiger partial charge >= 0.3 is 0 Å². The predicted molar refractivity (Wildman–Crippen MR) is 62.0 cm³/mol. The van der Waals surface area contributed by atoms with Gasteiger partial charge in [-0.25, -0.2) is 4.98 Å². The van der Waals surface area contributed by atoms with Gasteiger partial charge in [-0.2, -0.15) is 9.64 Å². The lowest BCUT2D eigenvalue weighted by Gasteiger charge is -2.04. The molecule has 0 spiro atoms. The van der Waals surface area contributed by atoms with Gasteiger partial charge in [0, 0.05) is 25.5 Å². The summed E-state index contributed by atoms with van der Waals surface area (Å²) in [6, 6.07) is 2.03. The van der Waals surface area contributed by atoms with Gasteiger partial charge in [0.2, 0.25) is 0 Å². The normalized spacial score (nSPS) is 9.94. The SMILES string of the molecule is N#Cc1c(N)nsc1NCCn1ccnc1. The summed E-state index contributed by atoms with van der Waals surface area (Å²) in [5, 5.41) is 12.7. The quantitative estimate of drug-likeness (QED) is 0.820. The average molecular weight is 234 g/mol. The van der Waals surface area contributed by atoms with Crippen LogP contribution in [0.2, 0.25) is 0 Å². The fraction of sp³-hybridized carbons (Fsp3) is 0.222. The van der Waals surface area contributed by atoms with Crippen LogP contribution in [0.15, 0.2) is 18.7 Å². The second-order valence-electron chi connectivity index (χ2n) is 3.11. The number of nitrogens with zero attached hydrogens (tertiary/aromatic N) is 4. The Kier molecular flexibility index (Phi) is 3.03. The number of nitriles is 1. The van der Waals surface area contributed by atoms with Gasteiger partial charge in [-0.3, -0.25) is 0 Å². The Morgan fingerprint density at radius 2 is 2.50 bits per heavy atom. The number of rotatable bonds is 4. The Bertz CT molecular complexity index is 495. The van der Waals surface area contributed by atoms with Gasteiger partial charge in [0.05, 0.1) is 6.33 Å². The van der Waals surface area contributed by atoms with Crippen molar-refractivity contribution in [3.8, 4) is 6.07 Å². The zero-order valence-electron chi connectivity index (χ0n) is 8.42. The zero-order chi connectivity index (χ0) is 11.4. The van der Waals surface area contributed by atoms with Crippen LogP contribution in [0, 0.1) is 11.3 Å². The molecule has 0 atom stereocenters. The van der Waals surface area contributed by atoms with E-state index in [-0.39, 0.29) is 5.82 Å². The fourth-order valence-electron chi connectivity index (χ4n) is 1.25. The van der Waals surface area contributed by atoms with Gasteiger partial charge in [-0.05, 0) is 11.5 Å². The number of imidazole rings is 1. The van der Waals surface area contributed by atoms with E-state index in [1.807, 2.05) is 16.8 Å². The number of hydrogen-bond donors (Lipinski definition) is 2. The highest BCUT2D eigenvalue weighted by Crippen LogP contribution is 2.25. The molecule has 16 heavy (non-hydrogen) atoms. The second-order valence-corrected chi connectivity index (χ2v) is 3.88. The highest BCUT2D eigenvalue weighted by atomic mass is 32.1. The molecule has 7 heteroatoms. The Hall–Kier alpha value is -2.07. The Balaban J connectivity index is 1.93. The third-order valence-corrected chi connectivity index (χ3v) is 2.86. The number of nitrogens with one attached hydrogen (secondary N) is 1. The van der Waals surface area contributed by atoms with Crippen molar-refractivity contribution in [2.45, 2.75) is 6.54 Å². The van der Waals surface area contributed by atoms with Crippen LogP contribution < -0.4 is 11.1 Å². The molecule has 0 amide bonds. The van der Waals surface area contributed by atoms with Crippen molar-refractivity contribution in [3.63, 3.8) is 0 Å². The standard InChI is InChI=1S/C9H10N6S/c10-5-7-8(11)14-16-9(7)13-2-4-15-3-1-12-6-15/h1,3,6,13H,2,4H2,(H2,11,14). The second kappa shape index (κ2) is 4.63. The van der Waals surface area contributed by atoms with Gasteiger partial charge in [0.25, 0.3) is 0 Å². The molecule has 0 aliphatic rings.